The van der Waals surface area contributed by atoms with Gasteiger partial charge < -0.3 is 20.5 Å². The number of amides is 1. The lowest BCUT2D eigenvalue weighted by molar-refractivity contribution is -0.123. The van der Waals surface area contributed by atoms with E-state index in [1.165, 1.54) is 0 Å². The average molecular weight is 359 g/mol. The molecule has 0 saturated carbocycles. The molecule has 0 aliphatic heterocycles. The summed E-state index contributed by atoms with van der Waals surface area (Å²) in [5.41, 5.74) is 7.00. The SMILES string of the molecule is CCC(N)Cc1cc(Br)ccc1OCC(=O)NCCOC. The fourth-order valence-corrected chi connectivity index (χ4v) is 2.17. The van der Waals surface area contributed by atoms with Crippen LogP contribution in [0.25, 0.3) is 0 Å². The molecule has 1 amide bonds. The zero-order chi connectivity index (χ0) is 15.7. The molecule has 0 aliphatic rings. The molecule has 21 heavy (non-hydrogen) atoms. The van der Waals surface area contributed by atoms with Crippen molar-refractivity contribution >= 4 is 21.8 Å². The summed E-state index contributed by atoms with van der Waals surface area (Å²) in [6.45, 7) is 3.00. The first-order valence-electron chi connectivity index (χ1n) is 6.99. The van der Waals surface area contributed by atoms with E-state index >= 15 is 0 Å². The van der Waals surface area contributed by atoms with Crippen molar-refractivity contribution in [2.45, 2.75) is 25.8 Å². The number of nitrogens with one attached hydrogen (secondary N) is 1. The van der Waals surface area contributed by atoms with E-state index in [2.05, 4.69) is 21.2 Å². The molecule has 0 saturated heterocycles. The molecule has 0 bridgehead atoms. The van der Waals surface area contributed by atoms with Gasteiger partial charge in [0.2, 0.25) is 0 Å². The predicted octanol–water partition coefficient (Wildman–Crippen LogP) is 1.87. The number of hydrogen-bond donors (Lipinski definition) is 2. The number of benzene rings is 1. The quantitative estimate of drug-likeness (QED) is 0.661. The number of nitrogens with two attached hydrogens (primary N) is 1. The number of methoxy groups -OCH3 is 1. The van der Waals surface area contributed by atoms with Crippen LogP contribution in [0.1, 0.15) is 18.9 Å². The molecule has 1 aromatic carbocycles. The van der Waals surface area contributed by atoms with Gasteiger partial charge in [-0.25, -0.2) is 0 Å². The highest BCUT2D eigenvalue weighted by atomic mass is 79.9. The van der Waals surface area contributed by atoms with Crippen LogP contribution in [0.2, 0.25) is 0 Å². The molecule has 1 atom stereocenters. The first kappa shape index (κ1) is 17.9. The van der Waals surface area contributed by atoms with Crippen LogP contribution in [0, 0.1) is 0 Å². The normalized spacial score (nSPS) is 12.0. The van der Waals surface area contributed by atoms with Crippen LogP contribution in [0.5, 0.6) is 5.75 Å². The summed E-state index contributed by atoms with van der Waals surface area (Å²) in [6.07, 6.45) is 1.61. The summed E-state index contributed by atoms with van der Waals surface area (Å²) in [5.74, 6) is 0.532. The van der Waals surface area contributed by atoms with Gasteiger partial charge in [-0.15, -0.1) is 0 Å². The number of ether oxygens (including phenoxy) is 2. The molecule has 1 rings (SSSR count). The van der Waals surface area contributed by atoms with Crippen LogP contribution in [0.15, 0.2) is 22.7 Å². The Kier molecular flexibility index (Phi) is 8.34. The minimum atomic E-state index is -0.166. The van der Waals surface area contributed by atoms with E-state index in [1.54, 1.807) is 7.11 Å². The molecule has 1 aromatic rings. The molecule has 0 heterocycles. The summed E-state index contributed by atoms with van der Waals surface area (Å²) in [6, 6.07) is 5.80. The van der Waals surface area contributed by atoms with Gasteiger partial charge in [0.05, 0.1) is 6.61 Å². The van der Waals surface area contributed by atoms with Crippen molar-refractivity contribution in [2.24, 2.45) is 5.73 Å². The van der Waals surface area contributed by atoms with Crippen LogP contribution in [0.3, 0.4) is 0 Å². The lowest BCUT2D eigenvalue weighted by Crippen LogP contribution is -2.31. The van der Waals surface area contributed by atoms with Crippen molar-refractivity contribution in [3.8, 4) is 5.75 Å². The number of halogens is 1. The van der Waals surface area contributed by atoms with E-state index in [9.17, 15) is 4.79 Å². The highest BCUT2D eigenvalue weighted by Crippen LogP contribution is 2.24. The third-order valence-electron chi connectivity index (χ3n) is 3.02. The third kappa shape index (κ3) is 6.93. The second kappa shape index (κ2) is 9.76. The van der Waals surface area contributed by atoms with Crippen LogP contribution in [-0.2, 0) is 16.0 Å². The van der Waals surface area contributed by atoms with E-state index < -0.39 is 0 Å². The lowest BCUT2D eigenvalue weighted by atomic mass is 10.0. The zero-order valence-electron chi connectivity index (χ0n) is 12.5. The molecule has 1 unspecified atom stereocenters. The molecule has 3 N–H and O–H groups in total. The standard InChI is InChI=1S/C15H23BrN2O3/c1-3-13(17)9-11-8-12(16)4-5-14(11)21-10-15(19)18-6-7-20-2/h4-5,8,13H,3,6-7,9-10,17H2,1-2H3,(H,18,19). The maximum atomic E-state index is 11.6. The van der Waals surface area contributed by atoms with Gasteiger partial charge in [-0.3, -0.25) is 4.79 Å². The van der Waals surface area contributed by atoms with Crippen molar-refractivity contribution in [3.63, 3.8) is 0 Å². The van der Waals surface area contributed by atoms with Crippen LogP contribution >= 0.6 is 15.9 Å². The van der Waals surface area contributed by atoms with Crippen LogP contribution < -0.4 is 15.8 Å². The van der Waals surface area contributed by atoms with Crippen molar-refractivity contribution in [2.75, 3.05) is 26.9 Å². The van der Waals surface area contributed by atoms with Gasteiger partial charge >= 0.3 is 0 Å². The molecule has 118 valence electrons. The Morgan fingerprint density at radius 3 is 2.90 bits per heavy atom. The summed E-state index contributed by atoms with van der Waals surface area (Å²) >= 11 is 3.44. The highest BCUT2D eigenvalue weighted by molar-refractivity contribution is 9.10. The summed E-state index contributed by atoms with van der Waals surface area (Å²) < 4.78 is 11.4. The van der Waals surface area contributed by atoms with Gasteiger partial charge in [-0.1, -0.05) is 22.9 Å². The average Bonchev–Trinajstić information content (AvgIpc) is 2.46. The van der Waals surface area contributed by atoms with Crippen molar-refractivity contribution < 1.29 is 14.3 Å². The van der Waals surface area contributed by atoms with E-state index in [0.717, 1.165) is 22.9 Å². The van der Waals surface area contributed by atoms with Gasteiger partial charge in [0.15, 0.2) is 6.61 Å². The summed E-state index contributed by atoms with van der Waals surface area (Å²) in [7, 11) is 1.59. The molecule has 0 fully saturated rings. The van der Waals surface area contributed by atoms with Gasteiger partial charge in [-0.2, -0.15) is 0 Å². The molecule has 0 aromatic heterocycles. The minimum absolute atomic E-state index is 0.0142. The Hall–Kier alpha value is -1.11. The van der Waals surface area contributed by atoms with Crippen LogP contribution in [0.4, 0.5) is 0 Å². The number of carbonyl (C=O) groups excluding carboxylic acids is 1. The van der Waals surface area contributed by atoms with E-state index in [0.29, 0.717) is 18.9 Å². The monoisotopic (exact) mass is 358 g/mol. The Balaban J connectivity index is 2.59. The predicted molar refractivity (Wildman–Crippen MR) is 86.5 cm³/mol. The topological polar surface area (TPSA) is 73.6 Å². The Morgan fingerprint density at radius 2 is 2.24 bits per heavy atom. The first-order valence-corrected chi connectivity index (χ1v) is 7.78. The highest BCUT2D eigenvalue weighted by Gasteiger charge is 2.10. The number of rotatable bonds is 9. The van der Waals surface area contributed by atoms with E-state index in [4.69, 9.17) is 15.2 Å². The Bertz CT molecular complexity index is 455. The minimum Gasteiger partial charge on any atom is -0.483 e. The van der Waals surface area contributed by atoms with E-state index in [1.807, 2.05) is 25.1 Å². The van der Waals surface area contributed by atoms with Gasteiger partial charge in [0.1, 0.15) is 5.75 Å². The van der Waals surface area contributed by atoms with E-state index in [-0.39, 0.29) is 18.6 Å². The molecule has 0 spiro atoms. The van der Waals surface area contributed by atoms with Crippen molar-refractivity contribution in [1.82, 2.24) is 5.32 Å². The fourth-order valence-electron chi connectivity index (χ4n) is 1.76. The fraction of sp³-hybridized carbons (Fsp3) is 0.533. The second-order valence-corrected chi connectivity index (χ2v) is 5.67. The smallest absolute Gasteiger partial charge is 0.258 e. The van der Waals surface area contributed by atoms with Crippen LogP contribution in [-0.4, -0.2) is 38.8 Å². The van der Waals surface area contributed by atoms with Gasteiger partial charge in [0.25, 0.3) is 5.91 Å². The molecule has 0 aliphatic carbocycles. The van der Waals surface area contributed by atoms with Crippen molar-refractivity contribution in [1.29, 1.82) is 0 Å². The summed E-state index contributed by atoms with van der Waals surface area (Å²) in [4.78, 5) is 11.6. The number of carbonyl (C=O) groups is 1. The van der Waals surface area contributed by atoms with Gasteiger partial charge in [0, 0.05) is 24.2 Å². The first-order chi connectivity index (χ1) is 10.1. The Labute approximate surface area is 134 Å². The molecular weight excluding hydrogens is 336 g/mol. The lowest BCUT2D eigenvalue weighted by Gasteiger charge is -2.15. The maximum Gasteiger partial charge on any atom is 0.258 e. The largest absolute Gasteiger partial charge is 0.483 e. The molecule has 0 radical (unpaired) electrons. The molecule has 6 heteroatoms. The summed E-state index contributed by atoms with van der Waals surface area (Å²) in [5, 5.41) is 2.71. The van der Waals surface area contributed by atoms with Crippen molar-refractivity contribution in [3.05, 3.63) is 28.2 Å². The zero-order valence-corrected chi connectivity index (χ0v) is 14.1. The number of hydrogen-bond acceptors (Lipinski definition) is 4. The third-order valence-corrected chi connectivity index (χ3v) is 3.51. The maximum absolute atomic E-state index is 11.6. The Morgan fingerprint density at radius 1 is 1.48 bits per heavy atom. The van der Waals surface area contributed by atoms with Gasteiger partial charge in [-0.05, 0) is 36.6 Å². The second-order valence-electron chi connectivity index (χ2n) is 4.76. The molecule has 5 nitrogen and oxygen atoms in total. The molecular formula is C15H23BrN2O3.